The molecule has 0 bridgehead atoms. The van der Waals surface area contributed by atoms with Crippen LogP contribution in [0.15, 0.2) is 60.9 Å². The van der Waals surface area contributed by atoms with E-state index in [4.69, 9.17) is 0 Å². The third-order valence-electron chi connectivity index (χ3n) is 6.92. The lowest BCUT2D eigenvalue weighted by atomic mass is 9.82. The molecule has 1 fully saturated rings. The summed E-state index contributed by atoms with van der Waals surface area (Å²) >= 11 is 0. The fourth-order valence-corrected chi connectivity index (χ4v) is 5.15. The van der Waals surface area contributed by atoms with Crippen molar-refractivity contribution in [3.05, 3.63) is 100 Å². The maximum Gasteiger partial charge on any atom is 0.196 e. The van der Waals surface area contributed by atoms with Gasteiger partial charge in [0.15, 0.2) is 17.1 Å². The number of carbonyl (C=O) groups is 2. The van der Waals surface area contributed by atoms with Gasteiger partial charge in [0.25, 0.3) is 0 Å². The summed E-state index contributed by atoms with van der Waals surface area (Å²) < 4.78 is 13.7. The molecule has 2 aliphatic rings. The topological polar surface area (TPSA) is 53.5 Å². The Morgan fingerprint density at radius 3 is 2.21 bits per heavy atom. The molecule has 33 heavy (non-hydrogen) atoms. The molecule has 6 heteroatoms. The normalized spacial score (nSPS) is 18.5. The molecular weight excluding hydrogens is 417 g/mol. The molecule has 2 aromatic carbocycles. The number of aromatic nitrogens is 1. The first-order chi connectivity index (χ1) is 15.9. The number of fused-ring (bicyclic) bond motifs is 1. The zero-order chi connectivity index (χ0) is 23.2. The zero-order valence-corrected chi connectivity index (χ0v) is 18.8. The molecule has 5 rings (SSSR count). The number of pyridine rings is 1. The van der Waals surface area contributed by atoms with Crippen LogP contribution in [0.4, 0.5) is 4.39 Å². The highest BCUT2D eigenvalue weighted by molar-refractivity contribution is 6.32. The van der Waals surface area contributed by atoms with E-state index in [2.05, 4.69) is 9.88 Å². The molecule has 0 unspecified atom stereocenters. The molecule has 5 nitrogen and oxygen atoms in total. The van der Waals surface area contributed by atoms with Crippen molar-refractivity contribution in [2.45, 2.75) is 25.9 Å². The van der Waals surface area contributed by atoms with Crippen LogP contribution in [0.2, 0.25) is 0 Å². The van der Waals surface area contributed by atoms with Gasteiger partial charge in [-0.2, -0.15) is 0 Å². The van der Waals surface area contributed by atoms with Gasteiger partial charge < -0.3 is 0 Å². The Bertz CT molecular complexity index is 1210. The second kappa shape index (κ2) is 8.28. The van der Waals surface area contributed by atoms with Crippen molar-refractivity contribution >= 4 is 11.6 Å². The number of hydrogen-bond donors (Lipinski definition) is 0. The summed E-state index contributed by atoms with van der Waals surface area (Å²) in [6, 6.07) is 13.8. The highest BCUT2D eigenvalue weighted by Gasteiger charge is 2.58. The van der Waals surface area contributed by atoms with Crippen LogP contribution in [0.3, 0.4) is 0 Å². The van der Waals surface area contributed by atoms with Crippen LogP contribution in [0.5, 0.6) is 0 Å². The van der Waals surface area contributed by atoms with E-state index >= 15 is 0 Å². The van der Waals surface area contributed by atoms with Crippen molar-refractivity contribution in [3.63, 3.8) is 0 Å². The van der Waals surface area contributed by atoms with Gasteiger partial charge in [0.1, 0.15) is 5.82 Å². The molecule has 0 radical (unpaired) electrons. The first-order valence-electron chi connectivity index (χ1n) is 11.2. The predicted molar refractivity (Wildman–Crippen MR) is 124 cm³/mol. The molecule has 1 aliphatic carbocycles. The van der Waals surface area contributed by atoms with Crippen molar-refractivity contribution < 1.29 is 14.0 Å². The zero-order valence-electron chi connectivity index (χ0n) is 18.8. The Kier molecular flexibility index (Phi) is 5.43. The molecule has 1 saturated heterocycles. The molecule has 3 aromatic rings. The highest BCUT2D eigenvalue weighted by Crippen LogP contribution is 2.43. The minimum atomic E-state index is -1.39. The van der Waals surface area contributed by atoms with E-state index in [9.17, 15) is 14.0 Å². The quantitative estimate of drug-likeness (QED) is 0.572. The summed E-state index contributed by atoms with van der Waals surface area (Å²) in [7, 11) is 0. The smallest absolute Gasteiger partial charge is 0.196 e. The largest absolute Gasteiger partial charge is 0.297 e. The molecule has 0 spiro atoms. The van der Waals surface area contributed by atoms with E-state index in [1.807, 2.05) is 24.8 Å². The molecule has 0 atom stereocenters. The van der Waals surface area contributed by atoms with Gasteiger partial charge in [0.2, 0.25) is 0 Å². The fourth-order valence-electron chi connectivity index (χ4n) is 5.15. The SMILES string of the molecule is Cc1cncc(C2(N3CCN(Cc4cc(F)ccc4C)CC3)C(=O)c3ccccc3C2=O)c1. The number of ketones is 2. The van der Waals surface area contributed by atoms with Gasteiger partial charge in [0, 0.05) is 61.8 Å². The minimum absolute atomic E-state index is 0.176. The van der Waals surface area contributed by atoms with Crippen LogP contribution in [0, 0.1) is 19.7 Å². The molecule has 2 heterocycles. The molecule has 0 N–H and O–H groups in total. The van der Waals surface area contributed by atoms with Crippen LogP contribution >= 0.6 is 0 Å². The van der Waals surface area contributed by atoms with Gasteiger partial charge in [0.05, 0.1) is 0 Å². The van der Waals surface area contributed by atoms with Crippen LogP contribution in [-0.2, 0) is 12.1 Å². The highest BCUT2D eigenvalue weighted by atomic mass is 19.1. The van der Waals surface area contributed by atoms with Gasteiger partial charge >= 0.3 is 0 Å². The van der Waals surface area contributed by atoms with Gasteiger partial charge in [-0.15, -0.1) is 0 Å². The van der Waals surface area contributed by atoms with E-state index in [-0.39, 0.29) is 17.4 Å². The number of nitrogens with zero attached hydrogens (tertiary/aromatic N) is 3. The first-order valence-corrected chi connectivity index (χ1v) is 11.2. The van der Waals surface area contributed by atoms with Gasteiger partial charge in [-0.25, -0.2) is 4.39 Å². The number of carbonyl (C=O) groups excluding carboxylic acids is 2. The maximum absolute atomic E-state index is 13.8. The Labute approximate surface area is 192 Å². The molecule has 1 aromatic heterocycles. The van der Waals surface area contributed by atoms with E-state index < -0.39 is 5.54 Å². The van der Waals surface area contributed by atoms with E-state index in [0.717, 1.165) is 16.7 Å². The molecule has 1 aliphatic heterocycles. The minimum Gasteiger partial charge on any atom is -0.297 e. The van der Waals surface area contributed by atoms with E-state index in [1.165, 1.54) is 6.07 Å². The maximum atomic E-state index is 13.8. The summed E-state index contributed by atoms with van der Waals surface area (Å²) in [5.74, 6) is -0.588. The van der Waals surface area contributed by atoms with Crippen molar-refractivity contribution in [3.8, 4) is 0 Å². The predicted octanol–water partition coefficient (Wildman–Crippen LogP) is 3.93. The van der Waals surface area contributed by atoms with Crippen molar-refractivity contribution in [2.24, 2.45) is 0 Å². The van der Waals surface area contributed by atoms with Crippen molar-refractivity contribution in [2.75, 3.05) is 26.2 Å². The van der Waals surface area contributed by atoms with Crippen molar-refractivity contribution in [1.29, 1.82) is 0 Å². The standard InChI is InChI=1S/C27H26FN3O2/c1-18-13-21(16-29-15-18)27(25(32)23-5-3-4-6-24(23)26(27)33)31-11-9-30(10-12-31)17-20-14-22(28)8-7-19(20)2/h3-8,13-16H,9-12,17H2,1-2H3. The number of benzene rings is 2. The van der Waals surface area contributed by atoms with Gasteiger partial charge in [-0.1, -0.05) is 36.4 Å². The van der Waals surface area contributed by atoms with E-state index in [0.29, 0.717) is 49.4 Å². The van der Waals surface area contributed by atoms with Crippen LogP contribution in [0.25, 0.3) is 0 Å². The Hall–Kier alpha value is -3.22. The number of aryl methyl sites for hydroxylation is 2. The van der Waals surface area contributed by atoms with Gasteiger partial charge in [-0.05, 0) is 42.7 Å². The Morgan fingerprint density at radius 1 is 0.909 bits per heavy atom. The summed E-state index contributed by atoms with van der Waals surface area (Å²) in [5.41, 5.74) is 3.11. The second-order valence-electron chi connectivity index (χ2n) is 9.00. The summed E-state index contributed by atoms with van der Waals surface area (Å²) in [6.07, 6.45) is 3.38. The number of piperazine rings is 1. The Morgan fingerprint density at radius 2 is 1.58 bits per heavy atom. The average Bonchev–Trinajstić information content (AvgIpc) is 3.05. The van der Waals surface area contributed by atoms with Crippen LogP contribution in [-0.4, -0.2) is 52.5 Å². The molecular formula is C27H26FN3O2. The lowest BCUT2D eigenvalue weighted by molar-refractivity contribution is 0.0277. The third kappa shape index (κ3) is 3.50. The lowest BCUT2D eigenvalue weighted by Gasteiger charge is -2.44. The second-order valence-corrected chi connectivity index (χ2v) is 9.00. The first kappa shape index (κ1) is 21.6. The van der Waals surface area contributed by atoms with Gasteiger partial charge in [-0.3, -0.25) is 24.4 Å². The fraction of sp³-hybridized carbons (Fsp3) is 0.296. The lowest BCUT2D eigenvalue weighted by Crippen LogP contribution is -2.60. The average molecular weight is 444 g/mol. The number of hydrogen-bond acceptors (Lipinski definition) is 5. The monoisotopic (exact) mass is 443 g/mol. The number of rotatable bonds is 4. The van der Waals surface area contributed by atoms with Crippen molar-refractivity contribution in [1.82, 2.24) is 14.8 Å². The molecule has 0 amide bonds. The number of halogens is 1. The third-order valence-corrected chi connectivity index (χ3v) is 6.92. The summed E-state index contributed by atoms with van der Waals surface area (Å²) in [4.78, 5) is 36.3. The van der Waals surface area contributed by atoms with Crippen LogP contribution < -0.4 is 0 Å². The molecule has 168 valence electrons. The summed E-state index contributed by atoms with van der Waals surface area (Å²) in [6.45, 7) is 6.99. The van der Waals surface area contributed by atoms with Crippen LogP contribution in [0.1, 0.15) is 43.0 Å². The van der Waals surface area contributed by atoms with E-state index in [1.54, 1.807) is 48.8 Å². The Balaban J connectivity index is 1.47. The molecule has 0 saturated carbocycles. The number of Topliss-reactive ketones (excluding diaryl/α,β-unsaturated/α-hetero) is 2. The summed E-state index contributed by atoms with van der Waals surface area (Å²) in [5, 5.41) is 0.